The number of aliphatic hydroxyl groups is 1. The fraction of sp³-hybridized carbons (Fsp3) is 0.591. The summed E-state index contributed by atoms with van der Waals surface area (Å²) >= 11 is 0. The number of allylic oxidation sites excluding steroid dienone is 1. The van der Waals surface area contributed by atoms with Crippen LogP contribution >= 0.6 is 0 Å². The summed E-state index contributed by atoms with van der Waals surface area (Å²) < 4.78 is 84.1. The number of hydrogen-bond acceptors (Lipinski definition) is 4. The van der Waals surface area contributed by atoms with Gasteiger partial charge in [0.25, 0.3) is 5.60 Å². The number of methoxy groups -OCH3 is 1. The van der Waals surface area contributed by atoms with Crippen LogP contribution in [0.5, 0.6) is 0 Å². The number of benzene rings is 1. The third-order valence-electron chi connectivity index (χ3n) is 6.48. The molecule has 0 saturated heterocycles. The van der Waals surface area contributed by atoms with E-state index >= 15 is 0 Å². The molecule has 1 N–H and O–H groups in total. The van der Waals surface area contributed by atoms with Crippen LogP contribution in [0.3, 0.4) is 0 Å². The molecule has 0 amide bonds. The maximum absolute atomic E-state index is 13.2. The Bertz CT molecular complexity index is 879. The van der Waals surface area contributed by atoms with Gasteiger partial charge in [-0.05, 0) is 55.4 Å². The van der Waals surface area contributed by atoms with Crippen LogP contribution in [0.25, 0.3) is 0 Å². The predicted molar refractivity (Wildman–Crippen MR) is 105 cm³/mol. The highest BCUT2D eigenvalue weighted by atomic mass is 19.4. The van der Waals surface area contributed by atoms with Gasteiger partial charge in [-0.25, -0.2) is 4.79 Å². The molecule has 1 aromatic rings. The first-order valence-electron chi connectivity index (χ1n) is 10.3. The van der Waals surface area contributed by atoms with Crippen molar-refractivity contribution in [3.63, 3.8) is 0 Å². The van der Waals surface area contributed by atoms with Gasteiger partial charge in [-0.2, -0.15) is 26.3 Å². The number of alkyl halides is 6. The first-order valence-corrected chi connectivity index (χ1v) is 10.3. The van der Waals surface area contributed by atoms with Gasteiger partial charge in [0, 0.05) is 24.7 Å². The molecule has 4 nitrogen and oxygen atoms in total. The number of carbonyl (C=O) groups is 1. The topological polar surface area (TPSA) is 49.8 Å². The Hall–Kier alpha value is -2.23. The van der Waals surface area contributed by atoms with Crippen molar-refractivity contribution in [2.24, 2.45) is 11.8 Å². The Kier molecular flexibility index (Phi) is 6.57. The summed E-state index contributed by atoms with van der Waals surface area (Å²) in [6, 6.07) is 5.16. The molecule has 0 radical (unpaired) electrons. The van der Waals surface area contributed by atoms with Gasteiger partial charge in [0.05, 0.1) is 12.7 Å². The number of aryl methyl sites for hydroxylation is 1. The van der Waals surface area contributed by atoms with E-state index in [-0.39, 0.29) is 0 Å². The van der Waals surface area contributed by atoms with E-state index in [2.05, 4.69) is 0 Å². The molecule has 2 aliphatic rings. The lowest BCUT2D eigenvalue weighted by Gasteiger charge is -2.42. The summed E-state index contributed by atoms with van der Waals surface area (Å²) in [5.74, 6) is -3.02. The van der Waals surface area contributed by atoms with Crippen LogP contribution < -0.4 is 4.90 Å². The highest BCUT2D eigenvalue weighted by molar-refractivity contribution is 5.90. The van der Waals surface area contributed by atoms with Crippen molar-refractivity contribution in [2.75, 3.05) is 25.1 Å². The number of fused-ring (bicyclic) bond motifs is 1. The molecule has 0 saturated carbocycles. The third-order valence-corrected chi connectivity index (χ3v) is 6.48. The van der Waals surface area contributed by atoms with Crippen molar-refractivity contribution in [1.82, 2.24) is 0 Å². The van der Waals surface area contributed by atoms with Crippen molar-refractivity contribution in [3.8, 4) is 0 Å². The van der Waals surface area contributed by atoms with Gasteiger partial charge in [0.2, 0.25) is 0 Å². The van der Waals surface area contributed by atoms with Crippen LogP contribution in [0.2, 0.25) is 0 Å². The Morgan fingerprint density at radius 3 is 2.41 bits per heavy atom. The van der Waals surface area contributed by atoms with E-state index in [0.717, 1.165) is 29.7 Å². The molecule has 178 valence electrons. The van der Waals surface area contributed by atoms with Crippen molar-refractivity contribution in [3.05, 3.63) is 41.0 Å². The smallest absolute Gasteiger partial charge is 0.426 e. The van der Waals surface area contributed by atoms with Crippen LogP contribution in [-0.4, -0.2) is 49.2 Å². The fourth-order valence-electron chi connectivity index (χ4n) is 4.66. The summed E-state index contributed by atoms with van der Waals surface area (Å²) in [4.78, 5) is 13.8. The van der Waals surface area contributed by atoms with Crippen molar-refractivity contribution in [2.45, 2.75) is 50.6 Å². The Labute approximate surface area is 181 Å². The van der Waals surface area contributed by atoms with E-state index in [4.69, 9.17) is 4.74 Å². The quantitative estimate of drug-likeness (QED) is 0.384. The first kappa shape index (κ1) is 24.4. The van der Waals surface area contributed by atoms with Crippen molar-refractivity contribution < 1.29 is 41.0 Å². The number of ether oxygens (including phenoxy) is 1. The van der Waals surface area contributed by atoms with E-state index in [1.165, 1.54) is 13.2 Å². The van der Waals surface area contributed by atoms with E-state index in [1.807, 2.05) is 4.90 Å². The summed E-state index contributed by atoms with van der Waals surface area (Å²) in [6.07, 6.45) is -9.63. The Balaban J connectivity index is 1.81. The first-order chi connectivity index (χ1) is 14.8. The number of rotatable bonds is 4. The maximum Gasteiger partial charge on any atom is 0.426 e. The number of anilines is 1. The minimum Gasteiger partial charge on any atom is -0.465 e. The summed E-state index contributed by atoms with van der Waals surface area (Å²) in [5.41, 5.74) is -1.78. The zero-order valence-electron chi connectivity index (χ0n) is 17.7. The number of carbonyl (C=O) groups excluding carboxylic acids is 1. The SMILES string of the molecule is COC(=O)c1ccc2c(c1)CCCN2CC1=CCC(C(O)(C(F)(F)F)C(F)(F)F)CC1C. The largest absolute Gasteiger partial charge is 0.465 e. The maximum atomic E-state index is 13.2. The van der Waals surface area contributed by atoms with Gasteiger partial charge < -0.3 is 14.7 Å². The molecule has 0 spiro atoms. The molecule has 32 heavy (non-hydrogen) atoms. The van der Waals surface area contributed by atoms with Crippen molar-refractivity contribution >= 4 is 11.7 Å². The lowest BCUT2D eigenvalue weighted by Crippen LogP contribution is -2.62. The monoisotopic (exact) mass is 465 g/mol. The Morgan fingerprint density at radius 2 is 1.84 bits per heavy atom. The molecule has 2 atom stereocenters. The number of halogens is 6. The molecule has 1 aliphatic heterocycles. The predicted octanol–water partition coefficient (Wildman–Crippen LogP) is 5.05. The molecule has 0 bridgehead atoms. The number of hydrogen-bond donors (Lipinski definition) is 1. The second kappa shape index (κ2) is 8.61. The second-order valence-corrected chi connectivity index (χ2v) is 8.47. The van der Waals surface area contributed by atoms with Gasteiger partial charge in [0.15, 0.2) is 0 Å². The summed E-state index contributed by atoms with van der Waals surface area (Å²) in [6.45, 7) is 2.61. The second-order valence-electron chi connectivity index (χ2n) is 8.47. The van der Waals surface area contributed by atoms with Gasteiger partial charge in [-0.1, -0.05) is 18.6 Å². The third kappa shape index (κ3) is 4.33. The minimum atomic E-state index is -5.82. The average molecular weight is 465 g/mol. The van der Waals surface area contributed by atoms with Gasteiger partial charge in [0.1, 0.15) is 0 Å². The molecule has 0 aromatic heterocycles. The summed E-state index contributed by atoms with van der Waals surface area (Å²) in [7, 11) is 1.29. The lowest BCUT2D eigenvalue weighted by atomic mass is 9.72. The van der Waals surface area contributed by atoms with E-state index in [0.29, 0.717) is 18.7 Å². The van der Waals surface area contributed by atoms with Crippen LogP contribution in [0.1, 0.15) is 42.1 Å². The highest BCUT2D eigenvalue weighted by Crippen LogP contribution is 2.52. The zero-order chi connectivity index (χ0) is 23.9. The van der Waals surface area contributed by atoms with Crippen LogP contribution in [0.4, 0.5) is 32.0 Å². The average Bonchev–Trinajstić information content (AvgIpc) is 2.72. The molecule has 1 aliphatic carbocycles. The zero-order valence-corrected chi connectivity index (χ0v) is 17.7. The van der Waals surface area contributed by atoms with Crippen molar-refractivity contribution in [1.29, 1.82) is 0 Å². The summed E-state index contributed by atoms with van der Waals surface area (Å²) in [5, 5.41) is 9.73. The fourth-order valence-corrected chi connectivity index (χ4v) is 4.66. The van der Waals surface area contributed by atoms with Gasteiger partial charge in [-0.3, -0.25) is 0 Å². The molecule has 1 aromatic carbocycles. The van der Waals surface area contributed by atoms with E-state index < -0.39 is 48.6 Å². The standard InChI is InChI=1S/C22H25F6NO3/c1-13-10-17(20(31,21(23,24)25)22(26,27)28)7-5-16(13)12-29-9-3-4-14-11-15(19(30)32-2)6-8-18(14)29/h5-6,8,11,13,17,31H,3-4,7,9-10,12H2,1-2H3. The highest BCUT2D eigenvalue weighted by Gasteiger charge is 2.73. The Morgan fingerprint density at radius 1 is 1.19 bits per heavy atom. The van der Waals surface area contributed by atoms with Crippen LogP contribution in [0.15, 0.2) is 29.8 Å². The van der Waals surface area contributed by atoms with E-state index in [1.54, 1.807) is 25.1 Å². The minimum absolute atomic E-state index is 0.356. The van der Waals surface area contributed by atoms with Crippen LogP contribution in [0, 0.1) is 11.8 Å². The molecular formula is C22H25F6NO3. The normalized spacial score (nSPS) is 22.3. The van der Waals surface area contributed by atoms with Gasteiger partial charge in [-0.15, -0.1) is 0 Å². The molecule has 10 heteroatoms. The van der Waals surface area contributed by atoms with E-state index in [9.17, 15) is 36.2 Å². The number of nitrogens with zero attached hydrogens (tertiary/aromatic N) is 1. The van der Waals surface area contributed by atoms with Crippen LogP contribution in [-0.2, 0) is 11.2 Å². The van der Waals surface area contributed by atoms with Gasteiger partial charge >= 0.3 is 18.3 Å². The molecule has 2 unspecified atom stereocenters. The molecule has 0 fully saturated rings. The lowest BCUT2D eigenvalue weighted by molar-refractivity contribution is -0.386. The number of esters is 1. The molecule has 1 heterocycles. The molecular weight excluding hydrogens is 440 g/mol. The molecule has 3 rings (SSSR count).